The minimum Gasteiger partial charge on any atom is -0.450 e. The number of nitrogens with two attached hydrogens (primary N) is 1. The molecule has 0 unspecified atom stereocenters. The zero-order chi connectivity index (χ0) is 11.5. The molecule has 0 bridgehead atoms. The van der Waals surface area contributed by atoms with Crippen LogP contribution in [0.2, 0.25) is 0 Å². The van der Waals surface area contributed by atoms with Crippen molar-refractivity contribution in [3.05, 3.63) is 0 Å². The zero-order valence-corrected chi connectivity index (χ0v) is 9.89. The van der Waals surface area contributed by atoms with Gasteiger partial charge in [0, 0.05) is 38.3 Å². The van der Waals surface area contributed by atoms with Gasteiger partial charge in [-0.1, -0.05) is 0 Å². The smallest absolute Gasteiger partial charge is 0.409 e. The van der Waals surface area contributed by atoms with Crippen molar-refractivity contribution in [1.82, 2.24) is 9.80 Å². The van der Waals surface area contributed by atoms with Gasteiger partial charge in [0.15, 0.2) is 0 Å². The molecule has 1 aliphatic carbocycles. The van der Waals surface area contributed by atoms with Crippen LogP contribution in [0.25, 0.3) is 0 Å². The lowest BCUT2D eigenvalue weighted by molar-refractivity contribution is 0.0421. The highest BCUT2D eigenvalue weighted by Gasteiger charge is 2.33. The standard InChI is InChI=1S/C11H21N3O2/c1-2-16-11(15)14-5-3-13(4-6-14)10-7-9(12)8-10/h9-10H,2-8,12H2,1H3. The van der Waals surface area contributed by atoms with E-state index in [2.05, 4.69) is 4.90 Å². The van der Waals surface area contributed by atoms with Gasteiger partial charge in [-0.25, -0.2) is 4.79 Å². The lowest BCUT2D eigenvalue weighted by Crippen LogP contribution is -2.57. The van der Waals surface area contributed by atoms with Gasteiger partial charge < -0.3 is 15.4 Å². The van der Waals surface area contributed by atoms with Gasteiger partial charge in [-0.15, -0.1) is 0 Å². The number of hydrogen-bond acceptors (Lipinski definition) is 4. The molecule has 5 heteroatoms. The Morgan fingerprint density at radius 3 is 2.44 bits per heavy atom. The van der Waals surface area contributed by atoms with Crippen LogP contribution in [0.4, 0.5) is 4.79 Å². The Morgan fingerprint density at radius 2 is 1.94 bits per heavy atom. The molecule has 1 heterocycles. The molecule has 0 atom stereocenters. The molecule has 2 rings (SSSR count). The summed E-state index contributed by atoms with van der Waals surface area (Å²) in [5.41, 5.74) is 5.78. The highest BCUT2D eigenvalue weighted by atomic mass is 16.6. The van der Waals surface area contributed by atoms with Crippen molar-refractivity contribution in [2.75, 3.05) is 32.8 Å². The van der Waals surface area contributed by atoms with Gasteiger partial charge >= 0.3 is 6.09 Å². The van der Waals surface area contributed by atoms with Crippen molar-refractivity contribution in [3.63, 3.8) is 0 Å². The lowest BCUT2D eigenvalue weighted by Gasteiger charge is -2.45. The summed E-state index contributed by atoms with van der Waals surface area (Å²) in [6.07, 6.45) is 2.05. The fraction of sp³-hybridized carbons (Fsp3) is 0.909. The molecular formula is C11H21N3O2. The van der Waals surface area contributed by atoms with E-state index in [1.54, 1.807) is 4.90 Å². The Kier molecular flexibility index (Phi) is 3.66. The Balaban J connectivity index is 1.72. The molecule has 2 aliphatic rings. The van der Waals surface area contributed by atoms with Crippen LogP contribution in [0.15, 0.2) is 0 Å². The maximum absolute atomic E-state index is 11.5. The van der Waals surface area contributed by atoms with Gasteiger partial charge in [0.1, 0.15) is 0 Å². The number of ether oxygens (including phenoxy) is 1. The van der Waals surface area contributed by atoms with E-state index < -0.39 is 0 Å². The molecule has 92 valence electrons. The fourth-order valence-corrected chi connectivity index (χ4v) is 2.41. The molecule has 0 aromatic heterocycles. The number of piperazine rings is 1. The predicted octanol–water partition coefficient (Wildman–Crippen LogP) is 0.250. The Labute approximate surface area is 96.5 Å². The van der Waals surface area contributed by atoms with Crippen LogP contribution in [0.5, 0.6) is 0 Å². The van der Waals surface area contributed by atoms with Gasteiger partial charge in [0.05, 0.1) is 6.61 Å². The van der Waals surface area contributed by atoms with Crippen LogP contribution in [-0.4, -0.2) is 60.8 Å². The van der Waals surface area contributed by atoms with Crippen molar-refractivity contribution >= 4 is 6.09 Å². The van der Waals surface area contributed by atoms with Crippen molar-refractivity contribution in [2.24, 2.45) is 5.73 Å². The first-order valence-corrected chi connectivity index (χ1v) is 6.12. The fourth-order valence-electron chi connectivity index (χ4n) is 2.41. The first-order chi connectivity index (χ1) is 7.70. The summed E-state index contributed by atoms with van der Waals surface area (Å²) in [5.74, 6) is 0. The summed E-state index contributed by atoms with van der Waals surface area (Å²) in [4.78, 5) is 15.7. The summed E-state index contributed by atoms with van der Waals surface area (Å²) in [5, 5.41) is 0. The number of nitrogens with zero attached hydrogens (tertiary/aromatic N) is 2. The molecule has 2 fully saturated rings. The van der Waals surface area contributed by atoms with E-state index in [1.807, 2.05) is 6.92 Å². The molecular weight excluding hydrogens is 206 g/mol. The zero-order valence-electron chi connectivity index (χ0n) is 9.89. The largest absolute Gasteiger partial charge is 0.450 e. The van der Waals surface area contributed by atoms with Gasteiger partial charge in [-0.2, -0.15) is 0 Å². The Morgan fingerprint density at radius 1 is 1.31 bits per heavy atom. The molecule has 1 saturated carbocycles. The molecule has 2 N–H and O–H groups in total. The van der Waals surface area contributed by atoms with Crippen LogP contribution in [0, 0.1) is 0 Å². The van der Waals surface area contributed by atoms with E-state index in [-0.39, 0.29) is 6.09 Å². The van der Waals surface area contributed by atoms with Crippen molar-refractivity contribution in [2.45, 2.75) is 31.8 Å². The molecule has 0 aromatic carbocycles. The van der Waals surface area contributed by atoms with E-state index in [1.165, 1.54) is 0 Å². The predicted molar refractivity (Wildman–Crippen MR) is 61.2 cm³/mol. The average Bonchev–Trinajstić information content (AvgIpc) is 2.25. The molecule has 0 spiro atoms. The SMILES string of the molecule is CCOC(=O)N1CCN(C2CC(N)C2)CC1. The maximum atomic E-state index is 11.5. The molecule has 0 aromatic rings. The van der Waals surface area contributed by atoms with E-state index in [4.69, 9.17) is 10.5 Å². The lowest BCUT2D eigenvalue weighted by atomic mass is 9.86. The van der Waals surface area contributed by atoms with Crippen LogP contribution >= 0.6 is 0 Å². The van der Waals surface area contributed by atoms with Crippen LogP contribution in [0.1, 0.15) is 19.8 Å². The van der Waals surface area contributed by atoms with E-state index in [9.17, 15) is 4.79 Å². The van der Waals surface area contributed by atoms with Gasteiger partial charge in [-0.05, 0) is 19.8 Å². The molecule has 5 nitrogen and oxygen atoms in total. The quantitative estimate of drug-likeness (QED) is 0.734. The first-order valence-electron chi connectivity index (χ1n) is 6.12. The van der Waals surface area contributed by atoms with Gasteiger partial charge in [-0.3, -0.25) is 4.90 Å². The van der Waals surface area contributed by atoms with Crippen molar-refractivity contribution in [3.8, 4) is 0 Å². The minimum absolute atomic E-state index is 0.174. The number of carbonyl (C=O) groups excluding carboxylic acids is 1. The summed E-state index contributed by atoms with van der Waals surface area (Å²) < 4.78 is 4.98. The van der Waals surface area contributed by atoms with Gasteiger partial charge in [0.25, 0.3) is 0 Å². The average molecular weight is 227 g/mol. The summed E-state index contributed by atoms with van der Waals surface area (Å²) in [7, 11) is 0. The monoisotopic (exact) mass is 227 g/mol. The first kappa shape index (κ1) is 11.7. The molecule has 0 radical (unpaired) electrons. The third-order valence-electron chi connectivity index (χ3n) is 3.51. The third-order valence-corrected chi connectivity index (χ3v) is 3.51. The Bertz CT molecular complexity index is 246. The number of hydrogen-bond donors (Lipinski definition) is 1. The highest BCUT2D eigenvalue weighted by molar-refractivity contribution is 5.67. The van der Waals surface area contributed by atoms with Crippen molar-refractivity contribution in [1.29, 1.82) is 0 Å². The molecule has 1 aliphatic heterocycles. The molecule has 1 saturated heterocycles. The number of carbonyl (C=O) groups is 1. The van der Waals surface area contributed by atoms with Crippen LogP contribution < -0.4 is 5.73 Å². The second-order valence-corrected chi connectivity index (χ2v) is 4.61. The highest BCUT2D eigenvalue weighted by Crippen LogP contribution is 2.24. The number of rotatable bonds is 2. The normalized spacial score (nSPS) is 31.0. The van der Waals surface area contributed by atoms with E-state index in [0.717, 1.165) is 39.0 Å². The Hall–Kier alpha value is -0.810. The van der Waals surface area contributed by atoms with Crippen LogP contribution in [-0.2, 0) is 4.74 Å². The minimum atomic E-state index is -0.174. The second kappa shape index (κ2) is 5.01. The van der Waals surface area contributed by atoms with Crippen LogP contribution in [0.3, 0.4) is 0 Å². The maximum Gasteiger partial charge on any atom is 0.409 e. The topological polar surface area (TPSA) is 58.8 Å². The number of amides is 1. The van der Waals surface area contributed by atoms with E-state index in [0.29, 0.717) is 18.7 Å². The van der Waals surface area contributed by atoms with Gasteiger partial charge in [0.2, 0.25) is 0 Å². The summed E-state index contributed by atoms with van der Waals surface area (Å²) in [6.45, 7) is 5.77. The molecule has 16 heavy (non-hydrogen) atoms. The van der Waals surface area contributed by atoms with E-state index >= 15 is 0 Å². The summed E-state index contributed by atoms with van der Waals surface area (Å²) in [6, 6.07) is 1.05. The molecule has 1 amide bonds. The van der Waals surface area contributed by atoms with Crippen molar-refractivity contribution < 1.29 is 9.53 Å². The second-order valence-electron chi connectivity index (χ2n) is 4.61. The third kappa shape index (κ3) is 2.47. The summed E-state index contributed by atoms with van der Waals surface area (Å²) >= 11 is 0.